The Balaban J connectivity index is 2.19. The van der Waals surface area contributed by atoms with Gasteiger partial charge in [0, 0.05) is 28.3 Å². The predicted octanol–water partition coefficient (Wildman–Crippen LogP) is 4.52. The molecule has 0 atom stereocenters. The number of benzene rings is 2. The highest BCUT2D eigenvalue weighted by Gasteiger charge is 2.10. The summed E-state index contributed by atoms with van der Waals surface area (Å²) in [5, 5.41) is 15.0. The molecule has 0 fully saturated rings. The van der Waals surface area contributed by atoms with Crippen LogP contribution in [0.5, 0.6) is 5.75 Å². The zero-order valence-corrected chi connectivity index (χ0v) is 12.6. The maximum Gasteiger partial charge on any atom is 0.273 e. The van der Waals surface area contributed by atoms with Crippen LogP contribution in [0.1, 0.15) is 5.56 Å². The third-order valence-electron chi connectivity index (χ3n) is 2.76. The van der Waals surface area contributed by atoms with E-state index in [-0.39, 0.29) is 5.69 Å². The molecule has 5 nitrogen and oxygen atoms in total. The number of hydrogen-bond acceptors (Lipinski definition) is 4. The SMILES string of the molecule is COc1cc(CNc2cc(Cl)cc(Cl)c2)cc([N+](=O)[O-])c1. The lowest BCUT2D eigenvalue weighted by Gasteiger charge is -2.09. The highest BCUT2D eigenvalue weighted by atomic mass is 35.5. The van der Waals surface area contributed by atoms with Crippen molar-refractivity contribution in [1.82, 2.24) is 0 Å². The summed E-state index contributed by atoms with van der Waals surface area (Å²) >= 11 is 11.8. The average molecular weight is 327 g/mol. The Bertz CT molecular complexity index is 657. The van der Waals surface area contributed by atoms with E-state index in [1.807, 2.05) is 0 Å². The quantitative estimate of drug-likeness (QED) is 0.648. The molecule has 0 saturated carbocycles. The molecule has 1 N–H and O–H groups in total. The number of anilines is 1. The van der Waals surface area contributed by atoms with E-state index in [0.29, 0.717) is 22.3 Å². The van der Waals surface area contributed by atoms with E-state index in [2.05, 4.69) is 5.32 Å². The molecule has 0 aliphatic heterocycles. The van der Waals surface area contributed by atoms with Gasteiger partial charge < -0.3 is 10.1 Å². The molecular weight excluding hydrogens is 315 g/mol. The van der Waals surface area contributed by atoms with Crippen molar-refractivity contribution in [3.8, 4) is 5.75 Å². The van der Waals surface area contributed by atoms with Gasteiger partial charge in [-0.1, -0.05) is 23.2 Å². The molecule has 0 spiro atoms. The van der Waals surface area contributed by atoms with Crippen LogP contribution in [0.15, 0.2) is 36.4 Å². The molecule has 0 aliphatic carbocycles. The minimum absolute atomic E-state index is 0.0183. The van der Waals surface area contributed by atoms with Gasteiger partial charge in [0.2, 0.25) is 0 Å². The Morgan fingerprint density at radius 1 is 1.14 bits per heavy atom. The second-order valence-corrected chi connectivity index (χ2v) is 5.18. The van der Waals surface area contributed by atoms with E-state index in [1.54, 1.807) is 24.3 Å². The Hall–Kier alpha value is -1.98. The van der Waals surface area contributed by atoms with Crippen LogP contribution in [0.2, 0.25) is 10.0 Å². The fraction of sp³-hybridized carbons (Fsp3) is 0.143. The Morgan fingerprint density at radius 3 is 2.38 bits per heavy atom. The van der Waals surface area contributed by atoms with E-state index < -0.39 is 4.92 Å². The van der Waals surface area contributed by atoms with Crippen LogP contribution < -0.4 is 10.1 Å². The number of ether oxygens (including phenoxy) is 1. The van der Waals surface area contributed by atoms with Gasteiger partial charge in [0.1, 0.15) is 5.75 Å². The second kappa shape index (κ2) is 6.65. The molecule has 0 saturated heterocycles. The Kier molecular flexibility index (Phi) is 4.88. The summed E-state index contributed by atoms with van der Waals surface area (Å²) in [5.74, 6) is 0.435. The van der Waals surface area contributed by atoms with E-state index in [4.69, 9.17) is 27.9 Å². The third-order valence-corrected chi connectivity index (χ3v) is 3.19. The van der Waals surface area contributed by atoms with E-state index in [0.717, 1.165) is 11.3 Å². The number of hydrogen-bond donors (Lipinski definition) is 1. The van der Waals surface area contributed by atoms with Gasteiger partial charge in [-0.05, 0) is 29.8 Å². The lowest BCUT2D eigenvalue weighted by atomic mass is 10.2. The molecule has 2 aromatic carbocycles. The van der Waals surface area contributed by atoms with Crippen LogP contribution in [-0.4, -0.2) is 12.0 Å². The molecule has 0 unspecified atom stereocenters. The first-order valence-corrected chi connectivity index (χ1v) is 6.76. The summed E-state index contributed by atoms with van der Waals surface area (Å²) in [6.07, 6.45) is 0. The van der Waals surface area contributed by atoms with Crippen LogP contribution in [0.25, 0.3) is 0 Å². The topological polar surface area (TPSA) is 64.4 Å². The lowest BCUT2D eigenvalue weighted by Crippen LogP contribution is -2.01. The van der Waals surface area contributed by atoms with Crippen LogP contribution in [0.4, 0.5) is 11.4 Å². The minimum Gasteiger partial charge on any atom is -0.496 e. The van der Waals surface area contributed by atoms with Gasteiger partial charge in [0.05, 0.1) is 18.1 Å². The molecule has 0 bridgehead atoms. The summed E-state index contributed by atoms with van der Waals surface area (Å²) < 4.78 is 5.06. The van der Waals surface area contributed by atoms with E-state index in [9.17, 15) is 10.1 Å². The number of nitrogens with one attached hydrogen (secondary N) is 1. The van der Waals surface area contributed by atoms with Gasteiger partial charge in [-0.3, -0.25) is 10.1 Å². The maximum absolute atomic E-state index is 10.9. The predicted molar refractivity (Wildman–Crippen MR) is 83.4 cm³/mol. The molecule has 110 valence electrons. The zero-order chi connectivity index (χ0) is 15.4. The van der Waals surface area contributed by atoms with Gasteiger partial charge in [-0.15, -0.1) is 0 Å². The monoisotopic (exact) mass is 326 g/mol. The molecule has 0 radical (unpaired) electrons. The fourth-order valence-corrected chi connectivity index (χ4v) is 2.35. The van der Waals surface area contributed by atoms with Crippen LogP contribution >= 0.6 is 23.2 Å². The van der Waals surface area contributed by atoms with Crippen molar-refractivity contribution in [3.05, 3.63) is 62.1 Å². The summed E-state index contributed by atoms with van der Waals surface area (Å²) in [4.78, 5) is 10.4. The minimum atomic E-state index is -0.456. The first kappa shape index (κ1) is 15.4. The number of methoxy groups -OCH3 is 1. The largest absolute Gasteiger partial charge is 0.496 e. The smallest absolute Gasteiger partial charge is 0.273 e. The summed E-state index contributed by atoms with van der Waals surface area (Å²) in [7, 11) is 1.47. The number of nitro groups is 1. The van der Waals surface area contributed by atoms with Crippen molar-refractivity contribution < 1.29 is 9.66 Å². The van der Waals surface area contributed by atoms with Crippen molar-refractivity contribution in [2.75, 3.05) is 12.4 Å². The Morgan fingerprint density at radius 2 is 1.81 bits per heavy atom. The van der Waals surface area contributed by atoms with E-state index >= 15 is 0 Å². The highest BCUT2D eigenvalue weighted by molar-refractivity contribution is 6.35. The Labute approximate surface area is 131 Å². The first-order valence-electron chi connectivity index (χ1n) is 6.00. The molecule has 2 aromatic rings. The van der Waals surface area contributed by atoms with Gasteiger partial charge in [0.15, 0.2) is 0 Å². The fourth-order valence-electron chi connectivity index (χ4n) is 1.83. The summed E-state index contributed by atoms with van der Waals surface area (Å²) in [6.45, 7) is 0.384. The van der Waals surface area contributed by atoms with Crippen LogP contribution in [0, 0.1) is 10.1 Å². The normalized spacial score (nSPS) is 10.2. The van der Waals surface area contributed by atoms with Crippen molar-refractivity contribution >= 4 is 34.6 Å². The zero-order valence-electron chi connectivity index (χ0n) is 11.1. The first-order chi connectivity index (χ1) is 9.97. The molecule has 2 rings (SSSR count). The molecular formula is C14H12Cl2N2O3. The van der Waals surface area contributed by atoms with Crippen LogP contribution in [-0.2, 0) is 6.54 Å². The number of rotatable bonds is 5. The number of nitro benzene ring substituents is 1. The summed E-state index contributed by atoms with van der Waals surface area (Å²) in [6, 6.07) is 9.67. The van der Waals surface area contributed by atoms with Crippen molar-refractivity contribution in [2.24, 2.45) is 0 Å². The molecule has 0 amide bonds. The van der Waals surface area contributed by atoms with Crippen molar-refractivity contribution in [2.45, 2.75) is 6.54 Å². The van der Waals surface area contributed by atoms with Gasteiger partial charge >= 0.3 is 0 Å². The average Bonchev–Trinajstić information content (AvgIpc) is 2.43. The van der Waals surface area contributed by atoms with Crippen molar-refractivity contribution in [1.29, 1.82) is 0 Å². The van der Waals surface area contributed by atoms with Gasteiger partial charge in [-0.2, -0.15) is 0 Å². The number of non-ortho nitro benzene ring substituents is 1. The molecule has 0 aromatic heterocycles. The van der Waals surface area contributed by atoms with Gasteiger partial charge in [0.25, 0.3) is 5.69 Å². The van der Waals surface area contributed by atoms with Crippen LogP contribution in [0.3, 0.4) is 0 Å². The summed E-state index contributed by atoms with van der Waals surface area (Å²) in [5.41, 5.74) is 1.44. The molecule has 21 heavy (non-hydrogen) atoms. The standard InChI is InChI=1S/C14H12Cl2N2O3/c1-21-14-3-9(2-13(7-14)18(19)20)8-17-12-5-10(15)4-11(16)6-12/h2-7,17H,8H2,1H3. The third kappa shape index (κ3) is 4.24. The number of nitrogens with zero attached hydrogens (tertiary/aromatic N) is 1. The maximum atomic E-state index is 10.9. The van der Waals surface area contributed by atoms with Crippen molar-refractivity contribution in [3.63, 3.8) is 0 Å². The molecule has 0 heterocycles. The molecule has 0 aliphatic rings. The van der Waals surface area contributed by atoms with Gasteiger partial charge in [-0.25, -0.2) is 0 Å². The molecule has 7 heteroatoms. The number of halogens is 2. The van der Waals surface area contributed by atoms with E-state index in [1.165, 1.54) is 19.2 Å². The second-order valence-electron chi connectivity index (χ2n) is 4.31. The lowest BCUT2D eigenvalue weighted by molar-refractivity contribution is -0.385. The highest BCUT2D eigenvalue weighted by Crippen LogP contribution is 2.25.